The molecule has 0 aliphatic carbocycles. The zero-order valence-corrected chi connectivity index (χ0v) is 15.5. The molecule has 0 atom stereocenters. The molecule has 4 N–H and O–H groups in total. The van der Waals surface area contributed by atoms with Crippen molar-refractivity contribution in [3.05, 3.63) is 28.8 Å². The van der Waals surface area contributed by atoms with Gasteiger partial charge in [-0.1, -0.05) is 41.5 Å². The third kappa shape index (κ3) is 5.48. The van der Waals surface area contributed by atoms with Crippen molar-refractivity contribution in [3.63, 3.8) is 0 Å². The zero-order valence-electron chi connectivity index (χ0n) is 15.5. The molecule has 0 aliphatic heterocycles. The molecule has 23 heavy (non-hydrogen) atoms. The van der Waals surface area contributed by atoms with Crippen molar-refractivity contribution < 1.29 is 20.2 Å². The molecular weight excluding hydrogens is 290 g/mol. The molecule has 4 nitrogen and oxygen atoms in total. The van der Waals surface area contributed by atoms with Crippen LogP contribution in [0.4, 0.5) is 0 Å². The van der Waals surface area contributed by atoms with Crippen LogP contribution in [0.5, 0.6) is 5.75 Å². The standard InChI is InChI=1S/C19H33NO3/c1-18(2,3)15-11-14(13-20(7-9-21)8-10-22)12-16(17(15)23)19(4,5)6/h11-12,21-23H,7-10,13H2,1-6H3/p+1. The number of aliphatic hydroxyl groups is 2. The topological polar surface area (TPSA) is 65.1 Å². The maximum Gasteiger partial charge on any atom is 0.123 e. The minimum Gasteiger partial charge on any atom is -0.507 e. The van der Waals surface area contributed by atoms with Crippen LogP contribution in [0.2, 0.25) is 0 Å². The first-order chi connectivity index (χ1) is 10.5. The van der Waals surface area contributed by atoms with Gasteiger partial charge in [-0.15, -0.1) is 0 Å². The molecular formula is C19H34NO3+. The van der Waals surface area contributed by atoms with Crippen molar-refractivity contribution in [2.45, 2.75) is 58.9 Å². The summed E-state index contributed by atoms with van der Waals surface area (Å²) in [6.45, 7) is 14.8. The second kappa shape index (κ2) is 7.65. The average molecular weight is 324 g/mol. The predicted octanol–water partition coefficient (Wildman–Crippen LogP) is 1.36. The molecule has 0 saturated carbocycles. The van der Waals surface area contributed by atoms with Crippen LogP contribution in [0.3, 0.4) is 0 Å². The molecule has 132 valence electrons. The fraction of sp³-hybridized carbons (Fsp3) is 0.684. The van der Waals surface area contributed by atoms with Crippen LogP contribution in [0.1, 0.15) is 58.2 Å². The van der Waals surface area contributed by atoms with Crippen molar-refractivity contribution >= 4 is 0 Å². The Morgan fingerprint density at radius 2 is 1.22 bits per heavy atom. The highest BCUT2D eigenvalue weighted by molar-refractivity contribution is 5.49. The number of quaternary nitrogens is 1. The molecule has 0 amide bonds. The minimum atomic E-state index is -0.145. The Hall–Kier alpha value is -1.10. The molecule has 0 spiro atoms. The lowest BCUT2D eigenvalue weighted by atomic mass is 9.78. The largest absolute Gasteiger partial charge is 0.507 e. The molecule has 1 aromatic carbocycles. The number of phenols is 1. The van der Waals surface area contributed by atoms with Gasteiger partial charge < -0.3 is 20.2 Å². The van der Waals surface area contributed by atoms with Gasteiger partial charge in [0.1, 0.15) is 25.4 Å². The summed E-state index contributed by atoms with van der Waals surface area (Å²) in [5, 5.41) is 29.2. The van der Waals surface area contributed by atoms with Crippen LogP contribution in [0.15, 0.2) is 12.1 Å². The maximum absolute atomic E-state index is 10.7. The van der Waals surface area contributed by atoms with E-state index in [0.29, 0.717) is 18.8 Å². The Labute approximate surface area is 140 Å². The summed E-state index contributed by atoms with van der Waals surface area (Å²) in [5.74, 6) is 0.389. The second-order valence-electron chi connectivity index (χ2n) is 8.41. The molecule has 0 aliphatic rings. The van der Waals surface area contributed by atoms with Crippen molar-refractivity contribution in [1.29, 1.82) is 0 Å². The van der Waals surface area contributed by atoms with Gasteiger partial charge in [0.05, 0.1) is 13.2 Å². The lowest BCUT2D eigenvalue weighted by molar-refractivity contribution is -0.914. The number of aliphatic hydroxyl groups excluding tert-OH is 2. The van der Waals surface area contributed by atoms with E-state index in [2.05, 4.69) is 53.7 Å². The lowest BCUT2D eigenvalue weighted by Gasteiger charge is -2.29. The minimum absolute atomic E-state index is 0.103. The van der Waals surface area contributed by atoms with Gasteiger partial charge in [0.25, 0.3) is 0 Å². The molecule has 4 heteroatoms. The van der Waals surface area contributed by atoms with Crippen LogP contribution in [0, 0.1) is 0 Å². The number of rotatable bonds is 6. The van der Waals surface area contributed by atoms with Gasteiger partial charge in [0.15, 0.2) is 0 Å². The number of benzene rings is 1. The highest BCUT2D eigenvalue weighted by Crippen LogP contribution is 2.39. The Kier molecular flexibility index (Phi) is 6.63. The van der Waals surface area contributed by atoms with Gasteiger partial charge in [-0.2, -0.15) is 0 Å². The number of nitrogens with one attached hydrogen (secondary N) is 1. The van der Waals surface area contributed by atoms with Crippen molar-refractivity contribution in [2.75, 3.05) is 26.3 Å². The van der Waals surface area contributed by atoms with Crippen LogP contribution in [0.25, 0.3) is 0 Å². The summed E-state index contributed by atoms with van der Waals surface area (Å²) in [7, 11) is 0. The fourth-order valence-corrected chi connectivity index (χ4v) is 2.85. The maximum atomic E-state index is 10.7. The SMILES string of the molecule is CC(C)(C)c1cc(C[NH+](CCO)CCO)cc(C(C)(C)C)c1O. The van der Waals surface area contributed by atoms with E-state index in [0.717, 1.165) is 28.1 Å². The summed E-state index contributed by atoms with van der Waals surface area (Å²) in [6.07, 6.45) is 0. The summed E-state index contributed by atoms with van der Waals surface area (Å²) in [6, 6.07) is 4.14. The molecule has 0 fully saturated rings. The van der Waals surface area contributed by atoms with E-state index < -0.39 is 0 Å². The van der Waals surface area contributed by atoms with Gasteiger partial charge >= 0.3 is 0 Å². The Bertz CT molecular complexity index is 471. The van der Waals surface area contributed by atoms with E-state index in [9.17, 15) is 15.3 Å². The Balaban J connectivity index is 3.32. The van der Waals surface area contributed by atoms with Gasteiger partial charge in [0.2, 0.25) is 0 Å². The summed E-state index contributed by atoms with van der Waals surface area (Å²) in [5.41, 5.74) is 2.75. The molecule has 0 heterocycles. The first-order valence-corrected chi connectivity index (χ1v) is 8.42. The summed E-state index contributed by atoms with van der Waals surface area (Å²) >= 11 is 0. The van der Waals surface area contributed by atoms with E-state index in [1.165, 1.54) is 0 Å². The molecule has 0 radical (unpaired) electrons. The van der Waals surface area contributed by atoms with E-state index >= 15 is 0 Å². The van der Waals surface area contributed by atoms with Crippen molar-refractivity contribution in [3.8, 4) is 5.75 Å². The van der Waals surface area contributed by atoms with Crippen LogP contribution >= 0.6 is 0 Å². The second-order valence-corrected chi connectivity index (χ2v) is 8.41. The number of phenolic OH excluding ortho intramolecular Hbond substituents is 1. The normalized spacial score (nSPS) is 12.9. The molecule has 1 aromatic rings. The fourth-order valence-electron chi connectivity index (χ4n) is 2.85. The first-order valence-electron chi connectivity index (χ1n) is 8.42. The Morgan fingerprint density at radius 3 is 1.52 bits per heavy atom. The highest BCUT2D eigenvalue weighted by Gasteiger charge is 2.27. The van der Waals surface area contributed by atoms with Crippen LogP contribution in [-0.4, -0.2) is 41.6 Å². The summed E-state index contributed by atoms with van der Waals surface area (Å²) in [4.78, 5) is 1.14. The lowest BCUT2D eigenvalue weighted by Crippen LogP contribution is -3.11. The van der Waals surface area contributed by atoms with Crippen molar-refractivity contribution in [1.82, 2.24) is 0 Å². The zero-order chi connectivity index (χ0) is 17.8. The van der Waals surface area contributed by atoms with Crippen molar-refractivity contribution in [2.24, 2.45) is 0 Å². The molecule has 0 unspecified atom stereocenters. The summed E-state index contributed by atoms with van der Waals surface area (Å²) < 4.78 is 0. The highest BCUT2D eigenvalue weighted by atomic mass is 16.3. The number of hydrogen-bond donors (Lipinski definition) is 4. The predicted molar refractivity (Wildman–Crippen MR) is 94.1 cm³/mol. The van der Waals surface area contributed by atoms with Gasteiger partial charge in [0, 0.05) is 16.7 Å². The van der Waals surface area contributed by atoms with E-state index in [1.807, 2.05) is 0 Å². The third-order valence-corrected chi connectivity index (χ3v) is 4.17. The molecule has 0 aromatic heterocycles. The Morgan fingerprint density at radius 1 is 0.826 bits per heavy atom. The molecule has 0 bridgehead atoms. The van der Waals surface area contributed by atoms with E-state index in [1.54, 1.807) is 0 Å². The van der Waals surface area contributed by atoms with Crippen LogP contribution in [-0.2, 0) is 17.4 Å². The molecule has 1 rings (SSSR count). The molecule has 0 saturated heterocycles. The monoisotopic (exact) mass is 324 g/mol. The van der Waals surface area contributed by atoms with Gasteiger partial charge in [-0.05, 0) is 23.0 Å². The van der Waals surface area contributed by atoms with E-state index in [-0.39, 0.29) is 24.0 Å². The third-order valence-electron chi connectivity index (χ3n) is 4.17. The van der Waals surface area contributed by atoms with Crippen LogP contribution < -0.4 is 4.90 Å². The van der Waals surface area contributed by atoms with E-state index in [4.69, 9.17) is 0 Å². The van der Waals surface area contributed by atoms with Gasteiger partial charge in [-0.3, -0.25) is 0 Å². The number of hydrogen-bond acceptors (Lipinski definition) is 3. The smallest absolute Gasteiger partial charge is 0.123 e. The first kappa shape index (κ1) is 19.9. The van der Waals surface area contributed by atoms with Gasteiger partial charge in [-0.25, -0.2) is 0 Å². The quantitative estimate of drug-likeness (QED) is 0.639. The number of aromatic hydroxyl groups is 1. The average Bonchev–Trinajstić information content (AvgIpc) is 2.38.